The molecule has 1 aromatic heterocycles. The quantitative estimate of drug-likeness (QED) is 0.759. The van der Waals surface area contributed by atoms with E-state index in [0.29, 0.717) is 24.9 Å². The Morgan fingerprint density at radius 3 is 2.86 bits per heavy atom. The summed E-state index contributed by atoms with van der Waals surface area (Å²) in [5.41, 5.74) is 0. The molecule has 1 N–H and O–H groups in total. The molecule has 0 aliphatic carbocycles. The average Bonchev–Trinajstić information content (AvgIpc) is 2.49. The summed E-state index contributed by atoms with van der Waals surface area (Å²) >= 11 is 0. The number of ether oxygens (including phenoxy) is 3. The van der Waals surface area contributed by atoms with Crippen molar-refractivity contribution in [3.05, 3.63) is 11.9 Å². The molecule has 0 amide bonds. The molecule has 0 spiro atoms. The standard InChI is InChI=1S/C14H24N4O3/c1-3-21-14-10-12(16-13(17-14)11-19-2)15-4-5-18-6-8-20-9-7-18/h10H,3-9,11H2,1-2H3,(H,15,16,17). The SMILES string of the molecule is CCOc1cc(NCCN2CCOCC2)nc(COC)n1. The lowest BCUT2D eigenvalue weighted by molar-refractivity contribution is 0.0398. The van der Waals surface area contributed by atoms with Crippen LogP contribution in [0.1, 0.15) is 12.7 Å². The van der Waals surface area contributed by atoms with E-state index in [1.165, 1.54) is 0 Å². The summed E-state index contributed by atoms with van der Waals surface area (Å²) in [6.45, 7) is 8.31. The Hall–Kier alpha value is -1.44. The molecule has 0 radical (unpaired) electrons. The zero-order chi connectivity index (χ0) is 14.9. The van der Waals surface area contributed by atoms with Crippen molar-refractivity contribution in [2.75, 3.05) is 58.4 Å². The van der Waals surface area contributed by atoms with Gasteiger partial charge in [0, 0.05) is 39.4 Å². The second kappa shape index (κ2) is 8.76. The van der Waals surface area contributed by atoms with Crippen molar-refractivity contribution in [3.63, 3.8) is 0 Å². The van der Waals surface area contributed by atoms with Crippen molar-refractivity contribution < 1.29 is 14.2 Å². The molecule has 7 heteroatoms. The first-order valence-corrected chi connectivity index (χ1v) is 7.35. The van der Waals surface area contributed by atoms with E-state index < -0.39 is 0 Å². The predicted octanol–water partition coefficient (Wildman–Crippen LogP) is 0.766. The molecular formula is C14H24N4O3. The van der Waals surface area contributed by atoms with Crippen LogP contribution in [0.25, 0.3) is 0 Å². The van der Waals surface area contributed by atoms with Crippen molar-refractivity contribution >= 4 is 5.82 Å². The maximum absolute atomic E-state index is 5.46. The zero-order valence-electron chi connectivity index (χ0n) is 12.8. The number of anilines is 1. The van der Waals surface area contributed by atoms with Crippen LogP contribution in [0, 0.1) is 0 Å². The number of hydrogen-bond donors (Lipinski definition) is 1. The van der Waals surface area contributed by atoms with E-state index in [0.717, 1.165) is 45.2 Å². The summed E-state index contributed by atoms with van der Waals surface area (Å²) in [6, 6.07) is 1.82. The lowest BCUT2D eigenvalue weighted by Crippen LogP contribution is -2.39. The van der Waals surface area contributed by atoms with Crippen molar-refractivity contribution in [1.82, 2.24) is 14.9 Å². The molecular weight excluding hydrogens is 272 g/mol. The molecule has 21 heavy (non-hydrogen) atoms. The molecule has 0 unspecified atom stereocenters. The minimum absolute atomic E-state index is 0.374. The monoisotopic (exact) mass is 296 g/mol. The maximum atomic E-state index is 5.46. The summed E-state index contributed by atoms with van der Waals surface area (Å²) in [6.07, 6.45) is 0. The number of nitrogens with zero attached hydrogens (tertiary/aromatic N) is 3. The molecule has 1 aromatic rings. The molecule has 2 rings (SSSR count). The first kappa shape index (κ1) is 15.9. The third-order valence-corrected chi connectivity index (χ3v) is 3.15. The van der Waals surface area contributed by atoms with E-state index in [-0.39, 0.29) is 0 Å². The summed E-state index contributed by atoms with van der Waals surface area (Å²) in [4.78, 5) is 11.1. The van der Waals surface area contributed by atoms with E-state index in [4.69, 9.17) is 14.2 Å². The minimum atomic E-state index is 0.374. The minimum Gasteiger partial charge on any atom is -0.478 e. The predicted molar refractivity (Wildman–Crippen MR) is 79.7 cm³/mol. The number of aromatic nitrogens is 2. The molecule has 1 aliphatic rings. The number of methoxy groups -OCH3 is 1. The molecule has 118 valence electrons. The van der Waals surface area contributed by atoms with Gasteiger partial charge in [-0.05, 0) is 6.92 Å². The highest BCUT2D eigenvalue weighted by Gasteiger charge is 2.10. The van der Waals surface area contributed by atoms with Crippen LogP contribution < -0.4 is 10.1 Å². The van der Waals surface area contributed by atoms with Gasteiger partial charge in [-0.2, -0.15) is 4.98 Å². The third-order valence-electron chi connectivity index (χ3n) is 3.15. The van der Waals surface area contributed by atoms with Gasteiger partial charge < -0.3 is 19.5 Å². The highest BCUT2D eigenvalue weighted by Crippen LogP contribution is 2.14. The van der Waals surface area contributed by atoms with Crippen molar-refractivity contribution in [2.45, 2.75) is 13.5 Å². The van der Waals surface area contributed by atoms with Gasteiger partial charge in [-0.15, -0.1) is 0 Å². The van der Waals surface area contributed by atoms with Crippen LogP contribution >= 0.6 is 0 Å². The molecule has 2 heterocycles. The van der Waals surface area contributed by atoms with Gasteiger partial charge in [0.15, 0.2) is 5.82 Å². The Bertz CT molecular complexity index is 400. The normalized spacial score (nSPS) is 15.9. The van der Waals surface area contributed by atoms with Crippen molar-refractivity contribution in [3.8, 4) is 5.88 Å². The van der Waals surface area contributed by atoms with Gasteiger partial charge in [-0.25, -0.2) is 4.98 Å². The topological polar surface area (TPSA) is 68.7 Å². The Morgan fingerprint density at radius 1 is 1.33 bits per heavy atom. The fourth-order valence-electron chi connectivity index (χ4n) is 2.15. The molecule has 1 aliphatic heterocycles. The van der Waals surface area contributed by atoms with Crippen molar-refractivity contribution in [1.29, 1.82) is 0 Å². The Balaban J connectivity index is 1.87. The lowest BCUT2D eigenvalue weighted by atomic mass is 10.4. The van der Waals surface area contributed by atoms with Crippen LogP contribution in [0.2, 0.25) is 0 Å². The Morgan fingerprint density at radius 2 is 2.14 bits per heavy atom. The summed E-state index contributed by atoms with van der Waals surface area (Å²) in [5.74, 6) is 1.97. The van der Waals surface area contributed by atoms with E-state index in [2.05, 4.69) is 20.2 Å². The van der Waals surface area contributed by atoms with Gasteiger partial charge in [0.25, 0.3) is 0 Å². The van der Waals surface area contributed by atoms with Gasteiger partial charge in [0.05, 0.1) is 19.8 Å². The molecule has 0 atom stereocenters. The largest absolute Gasteiger partial charge is 0.478 e. The van der Waals surface area contributed by atoms with E-state index in [1.807, 2.05) is 13.0 Å². The van der Waals surface area contributed by atoms with Gasteiger partial charge in [-0.3, -0.25) is 4.90 Å². The molecule has 1 fully saturated rings. The van der Waals surface area contributed by atoms with E-state index in [9.17, 15) is 0 Å². The van der Waals surface area contributed by atoms with Crippen LogP contribution in [-0.4, -0.2) is 68.0 Å². The average molecular weight is 296 g/mol. The molecule has 0 aromatic carbocycles. The number of hydrogen-bond acceptors (Lipinski definition) is 7. The van der Waals surface area contributed by atoms with Crippen LogP contribution in [0.15, 0.2) is 6.07 Å². The first-order valence-electron chi connectivity index (χ1n) is 7.35. The number of morpholine rings is 1. The van der Waals surface area contributed by atoms with Gasteiger partial charge >= 0.3 is 0 Å². The smallest absolute Gasteiger partial charge is 0.218 e. The van der Waals surface area contributed by atoms with Crippen molar-refractivity contribution in [2.24, 2.45) is 0 Å². The zero-order valence-corrected chi connectivity index (χ0v) is 12.8. The highest BCUT2D eigenvalue weighted by atomic mass is 16.5. The fourth-order valence-corrected chi connectivity index (χ4v) is 2.15. The lowest BCUT2D eigenvalue weighted by Gasteiger charge is -2.26. The van der Waals surface area contributed by atoms with Gasteiger partial charge in [-0.1, -0.05) is 0 Å². The van der Waals surface area contributed by atoms with Gasteiger partial charge in [0.2, 0.25) is 5.88 Å². The molecule has 7 nitrogen and oxygen atoms in total. The molecule has 0 bridgehead atoms. The van der Waals surface area contributed by atoms with Gasteiger partial charge in [0.1, 0.15) is 12.4 Å². The van der Waals surface area contributed by atoms with Crippen LogP contribution in [0.3, 0.4) is 0 Å². The first-order chi connectivity index (χ1) is 10.3. The number of rotatable bonds is 8. The van der Waals surface area contributed by atoms with E-state index >= 15 is 0 Å². The summed E-state index contributed by atoms with van der Waals surface area (Å²) in [5, 5.41) is 3.32. The van der Waals surface area contributed by atoms with E-state index in [1.54, 1.807) is 7.11 Å². The fraction of sp³-hybridized carbons (Fsp3) is 0.714. The van der Waals surface area contributed by atoms with Crippen LogP contribution in [-0.2, 0) is 16.1 Å². The maximum Gasteiger partial charge on any atom is 0.218 e. The third kappa shape index (κ3) is 5.45. The Labute approximate surface area is 125 Å². The second-order valence-electron chi connectivity index (χ2n) is 4.75. The molecule has 1 saturated heterocycles. The number of nitrogens with one attached hydrogen (secondary N) is 1. The van der Waals surface area contributed by atoms with Crippen LogP contribution in [0.5, 0.6) is 5.88 Å². The summed E-state index contributed by atoms with van der Waals surface area (Å²) in [7, 11) is 1.63. The molecule has 0 saturated carbocycles. The Kier molecular flexibility index (Phi) is 6.65. The van der Waals surface area contributed by atoms with Crippen LogP contribution in [0.4, 0.5) is 5.82 Å². The second-order valence-corrected chi connectivity index (χ2v) is 4.75. The highest BCUT2D eigenvalue weighted by molar-refractivity contribution is 5.38. The summed E-state index contributed by atoms with van der Waals surface area (Å²) < 4.78 is 15.9.